The van der Waals surface area contributed by atoms with Crippen LogP contribution in [0.25, 0.3) is 11.1 Å². The van der Waals surface area contributed by atoms with E-state index in [2.05, 4.69) is 10.6 Å². The number of hydrogen-bond acceptors (Lipinski definition) is 9. The number of phenols is 2. The van der Waals surface area contributed by atoms with Gasteiger partial charge in [-0.15, -0.1) is 0 Å². The number of carboxylic acid groups (broad SMARTS) is 1. The highest BCUT2D eigenvalue weighted by Crippen LogP contribution is 2.33. The predicted octanol–water partition coefficient (Wildman–Crippen LogP) is -1.55. The molecule has 2 amide bonds. The summed E-state index contributed by atoms with van der Waals surface area (Å²) in [6.45, 7) is -0.238. The van der Waals surface area contributed by atoms with Crippen LogP contribution in [0.1, 0.15) is 23.7 Å². The predicted molar refractivity (Wildman–Crippen MR) is 123 cm³/mol. The Hall–Kier alpha value is -3.71. The summed E-state index contributed by atoms with van der Waals surface area (Å²) < 4.78 is 0. The molecule has 0 spiro atoms. The highest BCUT2D eigenvalue weighted by atomic mass is 16.4. The highest BCUT2D eigenvalue weighted by Gasteiger charge is 2.35. The minimum atomic E-state index is -1.91. The van der Waals surface area contributed by atoms with Gasteiger partial charge in [-0.2, -0.15) is 0 Å². The van der Waals surface area contributed by atoms with Crippen LogP contribution in [0, 0.1) is 0 Å². The Morgan fingerprint density at radius 3 is 2.29 bits per heavy atom. The van der Waals surface area contributed by atoms with E-state index < -0.39 is 53.9 Å². The number of hydrogen-bond donors (Lipinski definition) is 9. The van der Waals surface area contributed by atoms with Crippen LogP contribution in [0.5, 0.6) is 11.5 Å². The van der Waals surface area contributed by atoms with Gasteiger partial charge in [0.2, 0.25) is 11.8 Å². The summed E-state index contributed by atoms with van der Waals surface area (Å²) in [6.07, 6.45) is -3.55. The lowest BCUT2D eigenvalue weighted by molar-refractivity contribution is -0.146. The van der Waals surface area contributed by atoms with E-state index in [4.69, 9.17) is 11.5 Å². The third kappa shape index (κ3) is 5.87. The number of fused-ring (bicyclic) bond motifs is 5. The molecule has 0 saturated carbocycles. The molecular weight excluding hydrogens is 460 g/mol. The van der Waals surface area contributed by atoms with Crippen molar-refractivity contribution < 1.29 is 39.9 Å². The van der Waals surface area contributed by atoms with Crippen LogP contribution < -0.4 is 22.1 Å². The van der Waals surface area contributed by atoms with Gasteiger partial charge in [-0.3, -0.25) is 9.59 Å². The molecular formula is C23H28N4O8. The van der Waals surface area contributed by atoms with E-state index >= 15 is 0 Å². The maximum atomic E-state index is 12.9. The molecule has 11 N–H and O–H groups in total. The van der Waals surface area contributed by atoms with Gasteiger partial charge in [-0.1, -0.05) is 12.1 Å². The van der Waals surface area contributed by atoms with E-state index in [0.29, 0.717) is 16.7 Å². The molecule has 1 heterocycles. The Kier molecular flexibility index (Phi) is 7.92. The largest absolute Gasteiger partial charge is 0.508 e. The second-order valence-corrected chi connectivity index (χ2v) is 8.38. The Morgan fingerprint density at radius 2 is 1.66 bits per heavy atom. The first-order valence-electron chi connectivity index (χ1n) is 10.8. The zero-order valence-corrected chi connectivity index (χ0v) is 18.6. The maximum absolute atomic E-state index is 12.9. The summed E-state index contributed by atoms with van der Waals surface area (Å²) in [5.74, 6) is -3.94. The maximum Gasteiger partial charge on any atom is 0.329 e. The molecule has 35 heavy (non-hydrogen) atoms. The Balaban J connectivity index is 2.14. The van der Waals surface area contributed by atoms with Crippen molar-refractivity contribution in [2.75, 3.05) is 6.54 Å². The van der Waals surface area contributed by atoms with E-state index in [-0.39, 0.29) is 30.7 Å². The van der Waals surface area contributed by atoms with Gasteiger partial charge in [0.15, 0.2) is 6.04 Å². The van der Waals surface area contributed by atoms with Crippen LogP contribution in [0.2, 0.25) is 0 Å². The van der Waals surface area contributed by atoms with Gasteiger partial charge < -0.3 is 47.6 Å². The van der Waals surface area contributed by atoms with Crippen LogP contribution in [0.15, 0.2) is 36.4 Å². The number of aromatic hydroxyl groups is 2. The average molecular weight is 488 g/mol. The van der Waals surface area contributed by atoms with Crippen molar-refractivity contribution in [3.63, 3.8) is 0 Å². The number of carbonyl (C=O) groups is 3. The van der Waals surface area contributed by atoms with Gasteiger partial charge in [0.1, 0.15) is 23.6 Å². The highest BCUT2D eigenvalue weighted by molar-refractivity contribution is 5.92. The number of aliphatic hydroxyl groups is 2. The van der Waals surface area contributed by atoms with Crippen LogP contribution in [-0.4, -0.2) is 74.1 Å². The first kappa shape index (κ1) is 25.9. The summed E-state index contributed by atoms with van der Waals surface area (Å²) in [4.78, 5) is 37.6. The fraction of sp³-hybridized carbons (Fsp3) is 0.348. The van der Waals surface area contributed by atoms with E-state index in [1.165, 1.54) is 24.3 Å². The molecule has 0 aromatic heterocycles. The van der Waals surface area contributed by atoms with Crippen molar-refractivity contribution in [2.24, 2.45) is 11.5 Å². The summed E-state index contributed by atoms with van der Waals surface area (Å²) in [5.41, 5.74) is 12.6. The summed E-state index contributed by atoms with van der Waals surface area (Å²) in [6, 6.07) is 4.10. The lowest BCUT2D eigenvalue weighted by Gasteiger charge is -2.26. The molecule has 0 saturated heterocycles. The average Bonchev–Trinajstić information content (AvgIpc) is 2.82. The number of benzene rings is 2. The molecule has 12 heteroatoms. The molecule has 2 aromatic rings. The summed E-state index contributed by atoms with van der Waals surface area (Å²) in [5, 5.41) is 55.6. The number of phenolic OH excluding ortho intramolecular Hbond substituents is 2. The fourth-order valence-corrected chi connectivity index (χ4v) is 3.82. The number of nitrogens with two attached hydrogens (primary N) is 2. The summed E-state index contributed by atoms with van der Waals surface area (Å²) in [7, 11) is 0. The number of aliphatic carboxylic acids is 1. The Morgan fingerprint density at radius 1 is 1.03 bits per heavy atom. The molecule has 3 rings (SSSR count). The second-order valence-electron chi connectivity index (χ2n) is 8.38. The smallest absolute Gasteiger partial charge is 0.329 e. The molecule has 0 unspecified atom stereocenters. The zero-order chi connectivity index (χ0) is 25.9. The quantitative estimate of drug-likeness (QED) is 0.240. The van der Waals surface area contributed by atoms with E-state index in [1.807, 2.05) is 0 Å². The lowest BCUT2D eigenvalue weighted by Crippen LogP contribution is -2.56. The van der Waals surface area contributed by atoms with E-state index in [1.54, 1.807) is 12.1 Å². The molecule has 0 aliphatic carbocycles. The Bertz CT molecular complexity index is 1120. The van der Waals surface area contributed by atoms with Crippen LogP contribution in [0.4, 0.5) is 0 Å². The van der Waals surface area contributed by atoms with Crippen molar-refractivity contribution in [3.8, 4) is 22.6 Å². The topological polar surface area (TPSA) is 228 Å². The monoisotopic (exact) mass is 488 g/mol. The van der Waals surface area contributed by atoms with E-state index in [0.717, 1.165) is 0 Å². The SMILES string of the molecule is NC[C@@H](O)C[C@@H]1NC(=O)[C@@H](N)Cc2cc(ccc2O)-c2ccc(O)c(c2)[C@@H](O)[C@@H](C(=O)O)NC1=O. The molecule has 12 nitrogen and oxygen atoms in total. The second kappa shape index (κ2) is 10.7. The fourth-order valence-electron chi connectivity index (χ4n) is 3.82. The van der Waals surface area contributed by atoms with Crippen molar-refractivity contribution in [1.29, 1.82) is 0 Å². The minimum Gasteiger partial charge on any atom is -0.508 e. The third-order valence-corrected chi connectivity index (χ3v) is 5.83. The number of nitrogens with one attached hydrogen (secondary N) is 2. The number of carboxylic acids is 1. The first-order chi connectivity index (χ1) is 16.5. The van der Waals surface area contributed by atoms with Gasteiger partial charge in [-0.05, 0) is 41.0 Å². The van der Waals surface area contributed by atoms with Gasteiger partial charge >= 0.3 is 5.97 Å². The first-order valence-corrected chi connectivity index (χ1v) is 10.8. The van der Waals surface area contributed by atoms with Crippen molar-refractivity contribution in [3.05, 3.63) is 47.5 Å². The Labute approximate surface area is 200 Å². The third-order valence-electron chi connectivity index (χ3n) is 5.83. The van der Waals surface area contributed by atoms with Crippen molar-refractivity contribution in [2.45, 2.75) is 43.2 Å². The molecule has 1 aliphatic heterocycles. The number of aliphatic hydroxyl groups excluding tert-OH is 2. The van der Waals surface area contributed by atoms with Gasteiger partial charge in [-0.25, -0.2) is 4.79 Å². The lowest BCUT2D eigenvalue weighted by atomic mass is 9.94. The van der Waals surface area contributed by atoms with Crippen molar-refractivity contribution >= 4 is 17.8 Å². The molecule has 5 atom stereocenters. The van der Waals surface area contributed by atoms with Gasteiger partial charge in [0, 0.05) is 24.9 Å². The van der Waals surface area contributed by atoms with Crippen LogP contribution in [0.3, 0.4) is 0 Å². The van der Waals surface area contributed by atoms with Crippen molar-refractivity contribution in [1.82, 2.24) is 10.6 Å². The number of amides is 2. The molecule has 0 fully saturated rings. The van der Waals surface area contributed by atoms with Crippen LogP contribution >= 0.6 is 0 Å². The summed E-state index contributed by atoms with van der Waals surface area (Å²) >= 11 is 0. The van der Waals surface area contributed by atoms with Gasteiger partial charge in [0.25, 0.3) is 0 Å². The minimum absolute atomic E-state index is 0.107. The molecule has 1 aliphatic rings. The zero-order valence-electron chi connectivity index (χ0n) is 18.6. The van der Waals surface area contributed by atoms with E-state index in [9.17, 15) is 39.9 Å². The van der Waals surface area contributed by atoms with Crippen LogP contribution in [-0.2, 0) is 20.8 Å². The standard InChI is InChI=1S/C23H28N4O8/c24-9-13(28)8-16-22(33)27-19(23(34)35)20(31)14-6-11(2-4-18(14)30)10-1-3-17(29)12(5-10)7-15(25)21(32)26-16/h1-6,13,15-16,19-20,28-31H,7-9,24-25H2,(H,26,32)(H,27,33)(H,34,35)/t13-,15-,16-,19-,20+/m0/s1. The molecule has 2 aromatic carbocycles. The molecule has 188 valence electrons. The van der Waals surface area contributed by atoms with Gasteiger partial charge in [0.05, 0.1) is 12.1 Å². The normalized spacial score (nSPS) is 23.9. The molecule has 4 bridgehead atoms. The number of carbonyl (C=O) groups excluding carboxylic acids is 2. The molecule has 0 radical (unpaired) electrons. The number of rotatable bonds is 4.